The van der Waals surface area contributed by atoms with Crippen LogP contribution in [0.25, 0.3) is 11.0 Å². The number of aryl methyl sites for hydroxylation is 2. The minimum atomic E-state index is -0.164. The van der Waals surface area contributed by atoms with Crippen LogP contribution in [0.2, 0.25) is 5.02 Å². The number of nitrogens with one attached hydrogen (secondary N) is 1. The molecule has 0 unspecified atom stereocenters. The summed E-state index contributed by atoms with van der Waals surface area (Å²) in [6.07, 6.45) is 2.59. The molecule has 4 rings (SSSR count). The quantitative estimate of drug-likeness (QED) is 0.747. The molecule has 0 atom stereocenters. The van der Waals surface area contributed by atoms with Crippen LogP contribution in [0.5, 0.6) is 11.5 Å². The Hall–Kier alpha value is -2.80. The molecule has 1 aromatic carbocycles. The number of ether oxygens (including phenoxy) is 2. The van der Waals surface area contributed by atoms with Gasteiger partial charge >= 0.3 is 0 Å². The second kappa shape index (κ2) is 7.08. The molecule has 7 nitrogen and oxygen atoms in total. The summed E-state index contributed by atoms with van der Waals surface area (Å²) in [6.45, 7) is 3.04. The minimum Gasteiger partial charge on any atom is -0.489 e. The predicted octanol–water partition coefficient (Wildman–Crippen LogP) is 3.27. The highest BCUT2D eigenvalue weighted by atomic mass is 35.5. The number of benzene rings is 1. The first-order valence-electron chi connectivity index (χ1n) is 8.68. The molecule has 0 saturated heterocycles. The van der Waals surface area contributed by atoms with E-state index in [0.29, 0.717) is 35.4 Å². The van der Waals surface area contributed by atoms with Crippen LogP contribution in [-0.4, -0.2) is 33.9 Å². The maximum Gasteiger partial charge on any atom is 0.228 e. The molecule has 0 radical (unpaired) electrons. The van der Waals surface area contributed by atoms with Crippen LogP contribution in [0.3, 0.4) is 0 Å². The molecule has 2 aromatic heterocycles. The fourth-order valence-corrected chi connectivity index (χ4v) is 3.44. The van der Waals surface area contributed by atoms with Crippen molar-refractivity contribution in [2.45, 2.75) is 19.8 Å². The van der Waals surface area contributed by atoms with Gasteiger partial charge in [0, 0.05) is 18.9 Å². The van der Waals surface area contributed by atoms with Gasteiger partial charge in [-0.05, 0) is 30.7 Å². The van der Waals surface area contributed by atoms with Gasteiger partial charge in [0.05, 0.1) is 42.2 Å². The van der Waals surface area contributed by atoms with E-state index in [0.717, 1.165) is 28.7 Å². The summed E-state index contributed by atoms with van der Waals surface area (Å²) in [5.74, 6) is 0.958. The van der Waals surface area contributed by atoms with Crippen molar-refractivity contribution in [2.75, 3.05) is 18.5 Å². The molecule has 3 heterocycles. The Bertz CT molecular complexity index is 1030. The zero-order valence-electron chi connectivity index (χ0n) is 15.1. The van der Waals surface area contributed by atoms with Crippen LogP contribution in [0.4, 0.5) is 5.69 Å². The van der Waals surface area contributed by atoms with Crippen molar-refractivity contribution < 1.29 is 14.3 Å². The highest BCUT2D eigenvalue weighted by molar-refractivity contribution is 6.32. The predicted molar refractivity (Wildman–Crippen MR) is 103 cm³/mol. The van der Waals surface area contributed by atoms with Crippen molar-refractivity contribution in [3.05, 3.63) is 40.7 Å². The molecule has 0 aliphatic carbocycles. The summed E-state index contributed by atoms with van der Waals surface area (Å²) in [4.78, 5) is 16.9. The van der Waals surface area contributed by atoms with Crippen molar-refractivity contribution in [1.29, 1.82) is 0 Å². The van der Waals surface area contributed by atoms with Crippen LogP contribution in [0, 0.1) is 6.92 Å². The minimum absolute atomic E-state index is 0.164. The van der Waals surface area contributed by atoms with E-state index in [1.54, 1.807) is 23.0 Å². The number of fused-ring (bicyclic) bond motifs is 2. The molecule has 0 saturated carbocycles. The van der Waals surface area contributed by atoms with Gasteiger partial charge in [0.15, 0.2) is 17.1 Å². The maximum atomic E-state index is 12.5. The lowest BCUT2D eigenvalue weighted by Crippen LogP contribution is -2.14. The van der Waals surface area contributed by atoms with Gasteiger partial charge in [-0.3, -0.25) is 9.48 Å². The number of aromatic nitrogens is 3. The number of amides is 1. The molecule has 8 heteroatoms. The normalized spacial score (nSPS) is 13.4. The lowest BCUT2D eigenvalue weighted by molar-refractivity contribution is -0.115. The van der Waals surface area contributed by atoms with Crippen molar-refractivity contribution in [3.8, 4) is 11.5 Å². The monoisotopic (exact) mass is 386 g/mol. The number of carbonyl (C=O) groups excluding carboxylic acids is 1. The van der Waals surface area contributed by atoms with Gasteiger partial charge in [-0.15, -0.1) is 0 Å². The van der Waals surface area contributed by atoms with E-state index >= 15 is 0 Å². The first-order chi connectivity index (χ1) is 13.0. The lowest BCUT2D eigenvalue weighted by Gasteiger charge is -2.12. The van der Waals surface area contributed by atoms with E-state index in [1.807, 2.05) is 20.0 Å². The van der Waals surface area contributed by atoms with Gasteiger partial charge in [0.1, 0.15) is 0 Å². The summed E-state index contributed by atoms with van der Waals surface area (Å²) in [7, 11) is 1.84. The van der Waals surface area contributed by atoms with Crippen LogP contribution >= 0.6 is 11.6 Å². The summed E-state index contributed by atoms with van der Waals surface area (Å²) < 4.78 is 13.0. The number of anilines is 1. The average molecular weight is 387 g/mol. The van der Waals surface area contributed by atoms with Crippen molar-refractivity contribution >= 4 is 34.2 Å². The number of halogens is 1. The second-order valence-electron chi connectivity index (χ2n) is 6.48. The van der Waals surface area contributed by atoms with Crippen LogP contribution in [0.1, 0.15) is 17.7 Å². The molecule has 27 heavy (non-hydrogen) atoms. The van der Waals surface area contributed by atoms with E-state index in [4.69, 9.17) is 21.1 Å². The van der Waals surface area contributed by atoms with Gasteiger partial charge in [0.25, 0.3) is 0 Å². The zero-order chi connectivity index (χ0) is 19.0. The largest absolute Gasteiger partial charge is 0.489 e. The number of carbonyl (C=O) groups is 1. The van der Waals surface area contributed by atoms with Crippen molar-refractivity contribution in [3.63, 3.8) is 0 Å². The maximum absolute atomic E-state index is 12.5. The molecule has 0 fully saturated rings. The van der Waals surface area contributed by atoms with E-state index in [9.17, 15) is 4.79 Å². The standard InChI is InChI=1S/C19H19ClN4O3/c1-11-14-9-13(10-21-19(14)24(2)23-11)22-17(25)8-12-6-15(20)18-16(7-12)26-4-3-5-27-18/h6-7,9-10H,3-5,8H2,1-2H3,(H,22,25). The molecule has 0 spiro atoms. The van der Waals surface area contributed by atoms with Crippen LogP contribution in [-0.2, 0) is 18.3 Å². The molecular formula is C19H19ClN4O3. The van der Waals surface area contributed by atoms with E-state index < -0.39 is 0 Å². The van der Waals surface area contributed by atoms with Gasteiger partial charge < -0.3 is 14.8 Å². The third-order valence-corrected chi connectivity index (χ3v) is 4.65. The first kappa shape index (κ1) is 17.6. The third kappa shape index (κ3) is 3.55. The van der Waals surface area contributed by atoms with Crippen molar-refractivity contribution in [2.24, 2.45) is 7.05 Å². The second-order valence-corrected chi connectivity index (χ2v) is 6.89. The Balaban J connectivity index is 1.52. The molecular weight excluding hydrogens is 368 g/mol. The smallest absolute Gasteiger partial charge is 0.228 e. The molecule has 0 bridgehead atoms. The number of hydrogen-bond donors (Lipinski definition) is 1. The molecule has 140 valence electrons. The number of nitrogens with zero attached hydrogens (tertiary/aromatic N) is 3. The first-order valence-corrected chi connectivity index (χ1v) is 9.06. The highest BCUT2D eigenvalue weighted by Crippen LogP contribution is 2.38. The summed E-state index contributed by atoms with van der Waals surface area (Å²) in [5.41, 5.74) is 3.03. The van der Waals surface area contributed by atoms with Crippen LogP contribution < -0.4 is 14.8 Å². The van der Waals surface area contributed by atoms with Gasteiger partial charge in [-0.1, -0.05) is 11.6 Å². The summed E-state index contributed by atoms with van der Waals surface area (Å²) in [5, 5.41) is 8.58. The van der Waals surface area contributed by atoms with E-state index in [1.165, 1.54) is 0 Å². The Morgan fingerprint density at radius 2 is 2.11 bits per heavy atom. The fraction of sp³-hybridized carbons (Fsp3) is 0.316. The number of rotatable bonds is 3. The fourth-order valence-electron chi connectivity index (χ4n) is 3.15. The van der Waals surface area contributed by atoms with Crippen LogP contribution in [0.15, 0.2) is 24.4 Å². The third-order valence-electron chi connectivity index (χ3n) is 4.37. The molecule has 3 aromatic rings. The van der Waals surface area contributed by atoms with Gasteiger partial charge in [-0.25, -0.2) is 4.98 Å². The average Bonchev–Trinajstić information content (AvgIpc) is 2.79. The Morgan fingerprint density at radius 1 is 1.30 bits per heavy atom. The molecule has 1 aliphatic heterocycles. The number of pyridine rings is 1. The number of hydrogen-bond acceptors (Lipinski definition) is 5. The van der Waals surface area contributed by atoms with Gasteiger partial charge in [0.2, 0.25) is 5.91 Å². The summed E-state index contributed by atoms with van der Waals surface area (Å²) in [6, 6.07) is 5.42. The SMILES string of the molecule is Cc1nn(C)c2ncc(NC(=O)Cc3cc(Cl)c4c(c3)OCCCO4)cc12. The Labute approximate surface area is 161 Å². The lowest BCUT2D eigenvalue weighted by atomic mass is 10.1. The van der Waals surface area contributed by atoms with Crippen molar-refractivity contribution in [1.82, 2.24) is 14.8 Å². The topological polar surface area (TPSA) is 78.3 Å². The van der Waals surface area contributed by atoms with Gasteiger partial charge in [-0.2, -0.15) is 5.10 Å². The molecule has 1 aliphatic rings. The molecule has 1 N–H and O–H groups in total. The highest BCUT2D eigenvalue weighted by Gasteiger charge is 2.17. The summed E-state index contributed by atoms with van der Waals surface area (Å²) >= 11 is 6.29. The zero-order valence-corrected chi connectivity index (χ0v) is 15.8. The molecule has 1 amide bonds. The Kier molecular flexibility index (Phi) is 4.61. The van der Waals surface area contributed by atoms with E-state index in [2.05, 4.69) is 15.4 Å². The van der Waals surface area contributed by atoms with E-state index in [-0.39, 0.29) is 12.3 Å². The Morgan fingerprint density at radius 3 is 2.96 bits per heavy atom.